The van der Waals surface area contributed by atoms with Gasteiger partial charge < -0.3 is 10.8 Å². The van der Waals surface area contributed by atoms with Gasteiger partial charge in [0.15, 0.2) is 16.1 Å². The Morgan fingerprint density at radius 3 is 1.58 bits per heavy atom. The van der Waals surface area contributed by atoms with Crippen LogP contribution in [0, 0.1) is 67.0 Å². The van der Waals surface area contributed by atoms with Crippen LogP contribution in [0.4, 0.5) is 20.4 Å². The van der Waals surface area contributed by atoms with Crippen LogP contribution < -0.4 is 33.0 Å². The molecule has 2 aromatic heterocycles. The van der Waals surface area contributed by atoms with E-state index in [2.05, 4.69) is 51.1 Å². The largest absolute Gasteiger partial charge is 0.872 e. The van der Waals surface area contributed by atoms with Crippen molar-refractivity contribution in [3.8, 4) is 28.3 Å². The maximum absolute atomic E-state index is 13.2. The summed E-state index contributed by atoms with van der Waals surface area (Å²) in [6.45, 7) is 14.6. The zero-order valence-electron chi connectivity index (χ0n) is 32.6. The van der Waals surface area contributed by atoms with E-state index in [4.69, 9.17) is 23.2 Å². The van der Waals surface area contributed by atoms with Crippen molar-refractivity contribution in [2.24, 2.45) is 5.90 Å². The zero-order chi connectivity index (χ0) is 42.9. The molecule has 0 amide bonds. The molecule has 0 spiro atoms. The third-order valence-electron chi connectivity index (χ3n) is 8.22. The van der Waals surface area contributed by atoms with Gasteiger partial charge in [-0.3, -0.25) is 11.6 Å². The van der Waals surface area contributed by atoms with E-state index in [9.17, 15) is 22.3 Å². The molecule has 6 rings (SSSR count). The lowest BCUT2D eigenvalue weighted by atomic mass is 10.1. The van der Waals surface area contributed by atoms with Gasteiger partial charge in [0.1, 0.15) is 26.8 Å². The van der Waals surface area contributed by atoms with Crippen molar-refractivity contribution in [1.29, 1.82) is 0 Å². The van der Waals surface area contributed by atoms with Crippen molar-refractivity contribution in [2.45, 2.75) is 60.3 Å². The van der Waals surface area contributed by atoms with Crippen molar-refractivity contribution in [3.63, 3.8) is 0 Å². The van der Waals surface area contributed by atoms with Crippen LogP contribution >= 0.6 is 31.9 Å². The van der Waals surface area contributed by atoms with Crippen LogP contribution in [0.5, 0.6) is 5.75 Å². The molecule has 0 atom stereocenters. The summed E-state index contributed by atoms with van der Waals surface area (Å²) < 4.78 is 55.3. The number of aromatic nitrogens is 4. The lowest BCUT2D eigenvalue weighted by Gasteiger charge is -2.14. The molecule has 6 aromatic rings. The van der Waals surface area contributed by atoms with Crippen molar-refractivity contribution >= 4 is 53.6 Å². The number of hydrogen-bond acceptors (Lipinski definition) is 11. The molecule has 4 aromatic carbocycles. The van der Waals surface area contributed by atoms with Crippen LogP contribution in [0.3, 0.4) is 0 Å². The summed E-state index contributed by atoms with van der Waals surface area (Å²) in [6, 6.07) is 19.8. The number of benzene rings is 4. The van der Waals surface area contributed by atoms with E-state index >= 15 is 0 Å². The third-order valence-corrected chi connectivity index (χ3v) is 10.8. The lowest BCUT2D eigenvalue weighted by molar-refractivity contribution is -0.630. The number of nitrogen functional groups attached to an aromatic ring is 3. The van der Waals surface area contributed by atoms with E-state index in [1.54, 1.807) is 64.1 Å². The molecule has 2 heterocycles. The van der Waals surface area contributed by atoms with Gasteiger partial charge in [-0.2, -0.15) is 18.6 Å². The molecule has 17 heteroatoms. The Morgan fingerprint density at radius 2 is 1.12 bits per heavy atom. The number of rotatable bonds is 4. The summed E-state index contributed by atoms with van der Waals surface area (Å²) in [5, 5.41) is 11.1. The first kappa shape index (κ1) is 46.3. The van der Waals surface area contributed by atoms with Crippen molar-refractivity contribution in [3.05, 3.63) is 138 Å². The molecule has 302 valence electrons. The van der Waals surface area contributed by atoms with Crippen molar-refractivity contribution < 1.29 is 31.3 Å². The fourth-order valence-corrected chi connectivity index (χ4v) is 7.38. The van der Waals surface area contributed by atoms with Gasteiger partial charge in [0.25, 0.3) is 0 Å². The van der Waals surface area contributed by atoms with Crippen LogP contribution in [0.2, 0.25) is 0 Å². The number of nitrogens with two attached hydrogens (primary N) is 4. The number of anilines is 2. The molecule has 0 bridgehead atoms. The van der Waals surface area contributed by atoms with Gasteiger partial charge in [-0.15, -0.1) is 10.4 Å². The summed E-state index contributed by atoms with van der Waals surface area (Å²) in [5.74, 6) is 10.7. The highest BCUT2D eigenvalue weighted by molar-refractivity contribution is 9.10. The minimum absolute atomic E-state index is 0.158. The topological polar surface area (TPSA) is 213 Å². The molecule has 0 aliphatic heterocycles. The van der Waals surface area contributed by atoms with Crippen LogP contribution in [0.15, 0.2) is 86.9 Å². The molecule has 0 aliphatic rings. The molecular formula is C40H44Br2F2N8O4S. The molecule has 0 aliphatic carbocycles. The molecule has 57 heavy (non-hydrogen) atoms. The Labute approximate surface area is 348 Å². The normalized spacial score (nSPS) is 10.7. The second kappa shape index (κ2) is 19.9. The number of hydrogen-bond donors (Lipinski definition) is 4. The monoisotopic (exact) mass is 928 g/mol. The first-order valence-corrected chi connectivity index (χ1v) is 20.0. The molecule has 0 fully saturated rings. The summed E-state index contributed by atoms with van der Waals surface area (Å²) >= 11 is 6.42. The average Bonchev–Trinajstić information content (AvgIpc) is 3.13. The molecular weight excluding hydrogens is 886 g/mol. The Bertz CT molecular complexity index is 2480. The Kier molecular flexibility index (Phi) is 16.1. The predicted octanol–water partition coefficient (Wildman–Crippen LogP) is 7.35. The molecule has 0 saturated carbocycles. The minimum Gasteiger partial charge on any atom is -0.872 e. The van der Waals surface area contributed by atoms with E-state index < -0.39 is 10.1 Å². The van der Waals surface area contributed by atoms with Crippen LogP contribution in [-0.4, -0.2) is 23.4 Å². The zero-order valence-corrected chi connectivity index (χ0v) is 36.6. The van der Waals surface area contributed by atoms with E-state index in [1.807, 2.05) is 39.8 Å². The second-order valence-electron chi connectivity index (χ2n) is 13.0. The summed E-state index contributed by atoms with van der Waals surface area (Å²) in [4.78, 5) is 12.8. The van der Waals surface area contributed by atoms with Gasteiger partial charge in [0.05, 0.1) is 11.4 Å². The quantitative estimate of drug-likeness (QED) is 0.0779. The first-order valence-electron chi connectivity index (χ1n) is 17.0. The van der Waals surface area contributed by atoms with E-state index in [0.29, 0.717) is 65.9 Å². The van der Waals surface area contributed by atoms with Gasteiger partial charge in [0.2, 0.25) is 0 Å². The maximum atomic E-state index is 13.2. The Hall–Kier alpha value is -5.07. The fourth-order valence-electron chi connectivity index (χ4n) is 5.74. The number of halogens is 4. The van der Waals surface area contributed by atoms with Crippen molar-refractivity contribution in [2.75, 3.05) is 17.3 Å². The number of nitrogens with zero attached hydrogens (tertiary/aromatic N) is 4. The molecule has 0 unspecified atom stereocenters. The minimum atomic E-state index is -3.80. The number of aryl methyl sites for hydroxylation is 7. The molecule has 0 saturated heterocycles. The van der Waals surface area contributed by atoms with E-state index in [1.165, 1.54) is 28.9 Å². The van der Waals surface area contributed by atoms with Crippen LogP contribution in [0.25, 0.3) is 22.5 Å². The smallest absolute Gasteiger partial charge is 0.329 e. The SMILES string of the molecule is Cc1c(-c2cccc(F)c2)nc(Br)c(N)[n+]1N.Cc1cc(C)c(S(=O)(=O)ON)c(C)c1.Cc1cc(C)c([O-])c(C)c1.Cc1nc(N)c(Br)nc1-c1cccc(F)c1. The molecule has 8 N–H and O–H groups in total. The van der Waals surface area contributed by atoms with Crippen molar-refractivity contribution in [1.82, 2.24) is 15.0 Å². The van der Waals surface area contributed by atoms with Gasteiger partial charge in [0, 0.05) is 18.1 Å². The second-order valence-corrected chi connectivity index (χ2v) is 16.0. The Morgan fingerprint density at radius 1 is 0.684 bits per heavy atom. The first-order chi connectivity index (χ1) is 26.6. The fraction of sp³-hybridized carbons (Fsp3) is 0.200. The van der Waals surface area contributed by atoms with Gasteiger partial charge in [-0.05, 0) is 116 Å². The molecule has 12 nitrogen and oxygen atoms in total. The highest BCUT2D eigenvalue weighted by atomic mass is 79.9. The van der Waals surface area contributed by atoms with Gasteiger partial charge >= 0.3 is 15.9 Å². The van der Waals surface area contributed by atoms with Gasteiger partial charge in [-0.1, -0.05) is 70.8 Å². The summed E-state index contributed by atoms with van der Waals surface area (Å²) in [6.07, 6.45) is 0. The van der Waals surface area contributed by atoms with E-state index in [-0.39, 0.29) is 22.3 Å². The third kappa shape index (κ3) is 12.2. The summed E-state index contributed by atoms with van der Waals surface area (Å²) in [5.41, 5.74) is 20.4. The van der Waals surface area contributed by atoms with E-state index in [0.717, 1.165) is 22.3 Å². The van der Waals surface area contributed by atoms with Crippen LogP contribution in [-0.2, 0) is 14.4 Å². The average molecular weight is 931 g/mol. The Balaban J connectivity index is 0.000000207. The highest BCUT2D eigenvalue weighted by Crippen LogP contribution is 2.26. The standard InChI is InChI=1S/C11H10BrFN4.C11H9BrFN3.C9H13NO3S.C9H12O/c1-6-9(7-3-2-4-8(13)5-7)16-10(12)11(14)17(6)15;1-6-9(16-10(12)11(14)15-6)7-3-2-4-8(13)5-7;1-6-4-7(2)9(8(3)5-6)14(11,12)13-10;1-6-4-7(2)9(10)8(3)5-6/h2-5,14H,15H2,1H3;2-5H,1H3,(H2,14,15);4-5H,10H2,1-3H3;4-5,10H,1-3H3. The highest BCUT2D eigenvalue weighted by Gasteiger charge is 2.20. The molecule has 0 radical (unpaired) electrons. The lowest BCUT2D eigenvalue weighted by Crippen LogP contribution is -2.50. The van der Waals surface area contributed by atoms with Gasteiger partial charge in [-0.25, -0.2) is 23.7 Å². The predicted molar refractivity (Wildman–Crippen MR) is 224 cm³/mol. The van der Waals surface area contributed by atoms with Crippen LogP contribution in [0.1, 0.15) is 44.8 Å². The maximum Gasteiger partial charge on any atom is 0.329 e. The summed E-state index contributed by atoms with van der Waals surface area (Å²) in [7, 11) is -3.80.